The lowest BCUT2D eigenvalue weighted by Gasteiger charge is -2.51. The van der Waals surface area contributed by atoms with Gasteiger partial charge in [-0.3, -0.25) is 4.79 Å². The van der Waals surface area contributed by atoms with Crippen molar-refractivity contribution in [3.63, 3.8) is 0 Å². The molecule has 0 aromatic heterocycles. The van der Waals surface area contributed by atoms with Gasteiger partial charge in [0.1, 0.15) is 140 Å². The maximum absolute atomic E-state index is 13.4. The van der Waals surface area contributed by atoms with Crippen molar-refractivity contribution in [1.29, 1.82) is 0 Å². The quantitative estimate of drug-likeness (QED) is 0.105. The first kappa shape index (κ1) is 58.0. The Kier molecular flexibility index (Phi) is 19.3. The van der Waals surface area contributed by atoms with E-state index >= 15 is 0 Å². The Morgan fingerprint density at radius 3 is 0.722 bits per heavy atom. The van der Waals surface area contributed by atoms with E-state index in [0.29, 0.717) is 0 Å². The van der Waals surface area contributed by atoms with Crippen LogP contribution in [-0.4, -0.2) is 317 Å². The van der Waals surface area contributed by atoms with E-state index in [1.165, 1.54) is 20.8 Å². The smallest absolute Gasteiger partial charge is 0.311 e. The number of hydrogen-bond donors (Lipinski definition) is 17. The van der Waals surface area contributed by atoms with Gasteiger partial charge in [0.05, 0.1) is 45.1 Å². The summed E-state index contributed by atoms with van der Waals surface area (Å²) in [5.74, 6) is -0.977. The van der Waals surface area contributed by atoms with E-state index in [0.717, 1.165) is 0 Å². The number of hydrogen-bond acceptors (Lipinski definition) is 31. The Labute approximate surface area is 408 Å². The van der Waals surface area contributed by atoms with Crippen molar-refractivity contribution in [2.24, 2.45) is 5.41 Å². The maximum Gasteiger partial charge on any atom is 0.311 e. The van der Waals surface area contributed by atoms with Gasteiger partial charge in [-0.05, 0) is 20.8 Å². The van der Waals surface area contributed by atoms with Crippen molar-refractivity contribution in [3.05, 3.63) is 0 Å². The van der Waals surface area contributed by atoms with Crippen LogP contribution in [0.4, 0.5) is 0 Å². The number of aliphatic hydroxyl groups excluding tert-OH is 17. The van der Waals surface area contributed by atoms with Crippen LogP contribution >= 0.6 is 0 Å². The van der Waals surface area contributed by atoms with Crippen LogP contribution in [0.5, 0.6) is 0 Å². The third-order valence-corrected chi connectivity index (χ3v) is 13.5. The highest BCUT2D eigenvalue weighted by Crippen LogP contribution is 2.39. The van der Waals surface area contributed by atoms with E-state index in [4.69, 9.17) is 61.6 Å². The maximum atomic E-state index is 13.4. The van der Waals surface area contributed by atoms with Gasteiger partial charge in [-0.25, -0.2) is 0 Å². The predicted molar refractivity (Wildman–Crippen MR) is 219 cm³/mol. The summed E-state index contributed by atoms with van der Waals surface area (Å²) in [6.07, 6.45) is -59.2. The Bertz CT molecular complexity index is 1720. The Balaban J connectivity index is 1.23. The summed E-state index contributed by atoms with van der Waals surface area (Å²) < 4.78 is 74.7. The van der Waals surface area contributed by atoms with Crippen LogP contribution in [0.1, 0.15) is 20.8 Å². The van der Waals surface area contributed by atoms with E-state index in [2.05, 4.69) is 0 Å². The molecule has 22 rings (SSSR count). The van der Waals surface area contributed by atoms with Crippen LogP contribution in [0, 0.1) is 5.41 Å². The molecule has 22 aliphatic rings. The molecule has 31 heteroatoms. The highest BCUT2D eigenvalue weighted by atomic mass is 16.8. The fraction of sp³-hybridized carbons (Fsp3) is 0.976. The van der Waals surface area contributed by atoms with Crippen molar-refractivity contribution in [1.82, 2.24) is 0 Å². The van der Waals surface area contributed by atoms with Crippen LogP contribution in [0.25, 0.3) is 0 Å². The van der Waals surface area contributed by atoms with Crippen molar-refractivity contribution < 1.29 is 153 Å². The molecule has 17 N–H and O–H groups in total. The average Bonchev–Trinajstić information content (AvgIpc) is 3.35. The third-order valence-electron chi connectivity index (χ3n) is 13.5. The van der Waals surface area contributed by atoms with E-state index in [-0.39, 0.29) is 0 Å². The van der Waals surface area contributed by atoms with Crippen LogP contribution in [0.2, 0.25) is 0 Å². The minimum absolute atomic E-state index is 0.977. The second-order valence-corrected chi connectivity index (χ2v) is 19.5. The van der Waals surface area contributed by atoms with Gasteiger partial charge in [0, 0.05) is 0 Å². The molecule has 0 aliphatic carbocycles. The zero-order valence-electron chi connectivity index (χ0n) is 38.9. The molecule has 0 aromatic rings. The zero-order valence-corrected chi connectivity index (χ0v) is 38.9. The molecule has 0 saturated carbocycles. The van der Waals surface area contributed by atoms with Gasteiger partial charge in [-0.1, -0.05) is 0 Å². The first-order valence-corrected chi connectivity index (χ1v) is 23.2. The molecule has 22 aliphatic heterocycles. The molecule has 418 valence electrons. The number of ether oxygens (including phenoxy) is 13. The van der Waals surface area contributed by atoms with E-state index in [1.807, 2.05) is 0 Å². The Hall–Kier alpha value is -1.69. The van der Waals surface area contributed by atoms with Crippen LogP contribution < -0.4 is 0 Å². The molecular formula is C41H68O31. The highest BCUT2D eigenvalue weighted by Gasteiger charge is 2.59. The van der Waals surface area contributed by atoms with Crippen LogP contribution in [0.15, 0.2) is 0 Å². The average molecular weight is 1060 g/mol. The SMILES string of the molecule is CC(C)(C)C(=O)O[C@@H]1[C@@H](O)[C@H]2O[C@H]3[C@H](O)[C@@H](O)[C@@H](O[C@H]4[C@H](O)[C@@H](O)[C@@H](O[C@H]5[C@H](O)[C@@H](O)[C@@H](O[C@H]6[C@H](O)[C@@H](O)[C@@H](O[C@H]7[C@H](O)[C@@H](O)[C@@H](O[C@H]1[C@@H](CO)O2)O[C@@H]7CO)O[C@@H]6CO)O[C@@H]5CO)O[C@@H]4CO)O[C@@H]3CO. The summed E-state index contributed by atoms with van der Waals surface area (Å²) in [5.41, 5.74) is -1.28. The molecule has 22 heterocycles. The lowest BCUT2D eigenvalue weighted by atomic mass is 9.94. The molecule has 31 nitrogen and oxygen atoms in total. The molecule has 0 aromatic carbocycles. The summed E-state index contributed by atoms with van der Waals surface area (Å²) >= 11 is 0. The fourth-order valence-electron chi connectivity index (χ4n) is 9.35. The molecular weight excluding hydrogens is 988 g/mol. The monoisotopic (exact) mass is 1060 g/mol. The Morgan fingerprint density at radius 1 is 0.319 bits per heavy atom. The molecule has 30 atom stereocenters. The van der Waals surface area contributed by atoms with Gasteiger partial charge in [-0.15, -0.1) is 0 Å². The van der Waals surface area contributed by atoms with Crippen molar-refractivity contribution in [2.45, 2.75) is 205 Å². The first-order chi connectivity index (χ1) is 34.0. The van der Waals surface area contributed by atoms with Crippen molar-refractivity contribution in [2.75, 3.05) is 39.6 Å². The van der Waals surface area contributed by atoms with Crippen LogP contribution in [0.3, 0.4) is 0 Å². The van der Waals surface area contributed by atoms with Gasteiger partial charge in [0.25, 0.3) is 0 Å². The minimum atomic E-state index is -2.20. The Morgan fingerprint density at radius 2 is 0.514 bits per heavy atom. The largest absolute Gasteiger partial charge is 0.456 e. The fourth-order valence-corrected chi connectivity index (χ4v) is 9.35. The standard InChI is InChI=1S/C41H68O31/c1-41(2,3)40(59)72-33-26(58)39-65-15(9-47)32(33)71-38-25(57)20(52)30(13(7-45)64-38)69-36-23(55)18(50)28(11(5-43)62-36)67-34-21(53)16(48)27(10(4-42)60-34)66-35-22(54)17(49)29(12(6-44)61-35)68-37-24(56)19(51)31(70-39)14(8-46)63-37/h10-39,42-58H,4-9H2,1-3H3/t10-,11-,12-,13-,14-,15-,16-,17-,18-,19-,20-,21-,22-,23-,24-,25-,26-,27-,28-,29-,30-,31-,32+,33-,34-,35-,36-,37-,38-,39-/m1/s1. The zero-order chi connectivity index (χ0) is 52.8. The van der Waals surface area contributed by atoms with Gasteiger partial charge < -0.3 is 148 Å². The van der Waals surface area contributed by atoms with E-state index in [1.54, 1.807) is 0 Å². The molecule has 0 radical (unpaired) electrons. The summed E-state index contributed by atoms with van der Waals surface area (Å²) in [6.45, 7) is -1.79. The van der Waals surface area contributed by atoms with E-state index < -0.39 is 235 Å². The number of esters is 1. The van der Waals surface area contributed by atoms with Crippen molar-refractivity contribution in [3.8, 4) is 0 Å². The number of carbonyl (C=O) groups excluding carboxylic acids is 1. The van der Waals surface area contributed by atoms with Gasteiger partial charge in [-0.2, -0.15) is 0 Å². The minimum Gasteiger partial charge on any atom is -0.456 e. The topological polar surface area (TPSA) is 481 Å². The lowest BCUT2D eigenvalue weighted by molar-refractivity contribution is -0.404. The molecule has 0 spiro atoms. The summed E-state index contributed by atoms with van der Waals surface area (Å²) in [6, 6.07) is 0. The summed E-state index contributed by atoms with van der Waals surface area (Å²) in [5, 5.41) is 187. The number of rotatable bonds is 7. The third kappa shape index (κ3) is 11.5. The van der Waals surface area contributed by atoms with E-state index in [9.17, 15) is 91.6 Å². The van der Waals surface area contributed by atoms with Gasteiger partial charge in [0.15, 0.2) is 43.8 Å². The molecule has 72 heavy (non-hydrogen) atoms. The lowest BCUT2D eigenvalue weighted by Crippen LogP contribution is -2.69. The predicted octanol–water partition coefficient (Wildman–Crippen LogP) is -11.5. The van der Waals surface area contributed by atoms with Gasteiger partial charge in [0.2, 0.25) is 0 Å². The molecule has 12 bridgehead atoms. The molecule has 22 fully saturated rings. The first-order valence-electron chi connectivity index (χ1n) is 23.2. The highest BCUT2D eigenvalue weighted by molar-refractivity contribution is 5.75. The number of carbonyl (C=O) groups is 1. The molecule has 0 amide bonds. The normalized spacial score (nSPS) is 51.9. The summed E-state index contributed by atoms with van der Waals surface area (Å²) in [4.78, 5) is 13.4. The summed E-state index contributed by atoms with van der Waals surface area (Å²) in [7, 11) is 0. The number of aliphatic hydroxyl groups is 17. The second-order valence-electron chi connectivity index (χ2n) is 19.5. The molecule has 22 saturated heterocycles. The second kappa shape index (κ2) is 23.9. The molecule has 0 unspecified atom stereocenters. The van der Waals surface area contributed by atoms with Crippen LogP contribution in [-0.2, 0) is 66.4 Å². The van der Waals surface area contributed by atoms with Gasteiger partial charge >= 0.3 is 5.97 Å². The van der Waals surface area contributed by atoms with Crippen molar-refractivity contribution >= 4 is 5.97 Å².